The molecule has 0 unspecified atom stereocenters. The van der Waals surface area contributed by atoms with Gasteiger partial charge in [-0.3, -0.25) is 4.68 Å². The molecule has 86 valence electrons. The van der Waals surface area contributed by atoms with Crippen LogP contribution in [-0.2, 0) is 20.0 Å². The molecular formula is C12H17N3O. The fraction of sp³-hybridized carbons (Fsp3) is 0.417. The quantitative estimate of drug-likeness (QED) is 0.859. The normalized spacial score (nSPS) is 10.7. The number of aromatic nitrogens is 2. The lowest BCUT2D eigenvalue weighted by Crippen LogP contribution is -1.99. The SMILES string of the molecule is CCc1ccc(CNc2cc(C)n(C)n2)o1. The Bertz CT molecular complexity index is 451. The Labute approximate surface area is 95.3 Å². The lowest BCUT2D eigenvalue weighted by atomic mass is 10.3. The van der Waals surface area contributed by atoms with Crippen molar-refractivity contribution in [3.63, 3.8) is 0 Å². The van der Waals surface area contributed by atoms with Crippen LogP contribution in [-0.4, -0.2) is 9.78 Å². The molecule has 0 amide bonds. The monoisotopic (exact) mass is 219 g/mol. The Kier molecular flexibility index (Phi) is 2.99. The first-order chi connectivity index (χ1) is 7.69. The number of nitrogens with one attached hydrogen (secondary N) is 1. The highest BCUT2D eigenvalue weighted by Crippen LogP contribution is 2.12. The number of hydrogen-bond acceptors (Lipinski definition) is 3. The summed E-state index contributed by atoms with van der Waals surface area (Å²) in [6.45, 7) is 4.79. The van der Waals surface area contributed by atoms with Crippen LogP contribution in [0.3, 0.4) is 0 Å². The van der Waals surface area contributed by atoms with Gasteiger partial charge in [-0.15, -0.1) is 0 Å². The highest BCUT2D eigenvalue weighted by molar-refractivity contribution is 5.35. The average molecular weight is 219 g/mol. The van der Waals surface area contributed by atoms with E-state index in [0.29, 0.717) is 6.54 Å². The summed E-state index contributed by atoms with van der Waals surface area (Å²) >= 11 is 0. The van der Waals surface area contributed by atoms with Crippen LogP contribution in [0.2, 0.25) is 0 Å². The molecule has 0 atom stereocenters. The van der Waals surface area contributed by atoms with Gasteiger partial charge in [0, 0.05) is 25.2 Å². The molecular weight excluding hydrogens is 202 g/mol. The van der Waals surface area contributed by atoms with E-state index in [-0.39, 0.29) is 0 Å². The van der Waals surface area contributed by atoms with Crippen LogP contribution in [0.1, 0.15) is 24.1 Å². The van der Waals surface area contributed by atoms with E-state index in [1.807, 2.05) is 36.9 Å². The van der Waals surface area contributed by atoms with Crippen LogP contribution < -0.4 is 5.32 Å². The van der Waals surface area contributed by atoms with Crippen molar-refractivity contribution in [2.45, 2.75) is 26.8 Å². The minimum Gasteiger partial charge on any atom is -0.464 e. The summed E-state index contributed by atoms with van der Waals surface area (Å²) in [5, 5.41) is 7.55. The molecule has 0 fully saturated rings. The van der Waals surface area contributed by atoms with Crippen LogP contribution in [0.4, 0.5) is 5.82 Å². The highest BCUT2D eigenvalue weighted by Gasteiger charge is 2.03. The van der Waals surface area contributed by atoms with Gasteiger partial charge in [0.05, 0.1) is 6.54 Å². The van der Waals surface area contributed by atoms with E-state index in [0.717, 1.165) is 29.5 Å². The van der Waals surface area contributed by atoms with Gasteiger partial charge in [-0.2, -0.15) is 5.10 Å². The molecule has 0 aliphatic rings. The largest absolute Gasteiger partial charge is 0.464 e. The topological polar surface area (TPSA) is 43.0 Å². The predicted octanol–water partition coefficient (Wildman–Crippen LogP) is 2.50. The smallest absolute Gasteiger partial charge is 0.148 e. The number of nitrogens with zero attached hydrogens (tertiary/aromatic N) is 2. The van der Waals surface area contributed by atoms with E-state index in [1.54, 1.807) is 0 Å². The molecule has 0 radical (unpaired) electrons. The lowest BCUT2D eigenvalue weighted by Gasteiger charge is -1.99. The van der Waals surface area contributed by atoms with E-state index < -0.39 is 0 Å². The van der Waals surface area contributed by atoms with Crippen LogP contribution in [0.25, 0.3) is 0 Å². The number of furan rings is 1. The fourth-order valence-corrected chi connectivity index (χ4v) is 1.53. The van der Waals surface area contributed by atoms with Gasteiger partial charge < -0.3 is 9.73 Å². The summed E-state index contributed by atoms with van der Waals surface area (Å²) < 4.78 is 7.44. The van der Waals surface area contributed by atoms with Gasteiger partial charge in [-0.05, 0) is 19.1 Å². The lowest BCUT2D eigenvalue weighted by molar-refractivity contribution is 0.475. The molecule has 2 rings (SSSR count). The molecule has 4 heteroatoms. The number of aryl methyl sites for hydroxylation is 3. The standard InChI is InChI=1S/C12H17N3O/c1-4-10-5-6-11(16-10)8-13-12-7-9(2)15(3)14-12/h5-7H,4,8H2,1-3H3,(H,13,14). The maximum Gasteiger partial charge on any atom is 0.148 e. The fourth-order valence-electron chi connectivity index (χ4n) is 1.53. The molecule has 2 aromatic rings. The maximum absolute atomic E-state index is 5.59. The molecule has 4 nitrogen and oxygen atoms in total. The van der Waals surface area contributed by atoms with Crippen molar-refractivity contribution in [3.8, 4) is 0 Å². The third-order valence-electron chi connectivity index (χ3n) is 2.62. The van der Waals surface area contributed by atoms with Gasteiger partial charge in [0.1, 0.15) is 17.3 Å². The molecule has 0 bridgehead atoms. The van der Waals surface area contributed by atoms with Crippen LogP contribution >= 0.6 is 0 Å². The second kappa shape index (κ2) is 4.43. The van der Waals surface area contributed by atoms with Crippen molar-refractivity contribution >= 4 is 5.82 Å². The van der Waals surface area contributed by atoms with Crippen molar-refractivity contribution in [2.75, 3.05) is 5.32 Å². The van der Waals surface area contributed by atoms with Crippen molar-refractivity contribution in [1.82, 2.24) is 9.78 Å². The van der Waals surface area contributed by atoms with Gasteiger partial charge in [0.25, 0.3) is 0 Å². The number of hydrogen-bond donors (Lipinski definition) is 1. The Morgan fingerprint density at radius 1 is 1.38 bits per heavy atom. The molecule has 0 spiro atoms. The van der Waals surface area contributed by atoms with Gasteiger partial charge in [0.2, 0.25) is 0 Å². The van der Waals surface area contributed by atoms with E-state index >= 15 is 0 Å². The molecule has 0 saturated carbocycles. The Morgan fingerprint density at radius 2 is 2.12 bits per heavy atom. The molecule has 0 aromatic carbocycles. The molecule has 0 aliphatic carbocycles. The van der Waals surface area contributed by atoms with Crippen LogP contribution in [0.15, 0.2) is 22.6 Å². The third-order valence-corrected chi connectivity index (χ3v) is 2.62. The minimum atomic E-state index is 0.677. The Hall–Kier alpha value is -1.71. The van der Waals surface area contributed by atoms with E-state index in [9.17, 15) is 0 Å². The number of rotatable bonds is 4. The van der Waals surface area contributed by atoms with E-state index in [4.69, 9.17) is 4.42 Å². The molecule has 2 aromatic heterocycles. The first kappa shape index (κ1) is 10.8. The molecule has 0 aliphatic heterocycles. The maximum atomic E-state index is 5.59. The summed E-state index contributed by atoms with van der Waals surface area (Å²) in [6, 6.07) is 6.03. The Balaban J connectivity index is 1.96. The van der Waals surface area contributed by atoms with Crippen molar-refractivity contribution in [1.29, 1.82) is 0 Å². The minimum absolute atomic E-state index is 0.677. The van der Waals surface area contributed by atoms with Gasteiger partial charge in [-0.25, -0.2) is 0 Å². The van der Waals surface area contributed by atoms with E-state index in [2.05, 4.69) is 17.3 Å². The van der Waals surface area contributed by atoms with Crippen molar-refractivity contribution < 1.29 is 4.42 Å². The highest BCUT2D eigenvalue weighted by atomic mass is 16.3. The Morgan fingerprint density at radius 3 is 2.69 bits per heavy atom. The van der Waals surface area contributed by atoms with Gasteiger partial charge >= 0.3 is 0 Å². The van der Waals surface area contributed by atoms with Crippen LogP contribution in [0, 0.1) is 6.92 Å². The van der Waals surface area contributed by atoms with Crippen molar-refractivity contribution in [3.05, 3.63) is 35.4 Å². The summed E-state index contributed by atoms with van der Waals surface area (Å²) in [5.74, 6) is 2.85. The van der Waals surface area contributed by atoms with Gasteiger partial charge in [-0.1, -0.05) is 6.92 Å². The predicted molar refractivity (Wildman–Crippen MR) is 63.4 cm³/mol. The second-order valence-corrected chi connectivity index (χ2v) is 3.87. The first-order valence-electron chi connectivity index (χ1n) is 5.51. The average Bonchev–Trinajstić information content (AvgIpc) is 2.84. The zero-order chi connectivity index (χ0) is 11.5. The summed E-state index contributed by atoms with van der Waals surface area (Å²) in [4.78, 5) is 0. The molecule has 0 saturated heterocycles. The summed E-state index contributed by atoms with van der Waals surface area (Å²) in [6.07, 6.45) is 0.933. The number of anilines is 1. The summed E-state index contributed by atoms with van der Waals surface area (Å²) in [5.41, 5.74) is 1.14. The van der Waals surface area contributed by atoms with E-state index in [1.165, 1.54) is 0 Å². The van der Waals surface area contributed by atoms with Gasteiger partial charge in [0.15, 0.2) is 0 Å². The third kappa shape index (κ3) is 2.27. The first-order valence-corrected chi connectivity index (χ1v) is 5.51. The second-order valence-electron chi connectivity index (χ2n) is 3.87. The zero-order valence-corrected chi connectivity index (χ0v) is 9.95. The molecule has 1 N–H and O–H groups in total. The van der Waals surface area contributed by atoms with Crippen molar-refractivity contribution in [2.24, 2.45) is 7.05 Å². The van der Waals surface area contributed by atoms with Crippen LogP contribution in [0.5, 0.6) is 0 Å². The summed E-state index contributed by atoms with van der Waals surface area (Å²) in [7, 11) is 1.93. The zero-order valence-electron chi connectivity index (χ0n) is 9.95. The molecule has 2 heterocycles. The molecule has 16 heavy (non-hydrogen) atoms.